The minimum absolute atomic E-state index is 0.201. The lowest BCUT2D eigenvalue weighted by Gasteiger charge is -2.14. The average Bonchev–Trinajstić information content (AvgIpc) is 3.32. The van der Waals surface area contributed by atoms with E-state index in [0.29, 0.717) is 28.0 Å². The quantitative estimate of drug-likeness (QED) is 0.473. The zero-order valence-electron chi connectivity index (χ0n) is 15.8. The van der Waals surface area contributed by atoms with E-state index in [1.807, 2.05) is 0 Å². The van der Waals surface area contributed by atoms with Crippen LogP contribution >= 0.6 is 22.9 Å². The van der Waals surface area contributed by atoms with E-state index in [1.165, 1.54) is 16.2 Å². The number of rotatable bonds is 10. The van der Waals surface area contributed by atoms with Gasteiger partial charge >= 0.3 is 12.1 Å². The summed E-state index contributed by atoms with van der Waals surface area (Å²) in [7, 11) is 0. The number of ether oxygens (including phenoxy) is 2. The normalized spacial score (nSPS) is 15.7. The van der Waals surface area contributed by atoms with Gasteiger partial charge in [-0.15, -0.1) is 11.3 Å². The van der Waals surface area contributed by atoms with Crippen molar-refractivity contribution >= 4 is 52.3 Å². The van der Waals surface area contributed by atoms with Crippen molar-refractivity contribution in [2.24, 2.45) is 0 Å². The highest BCUT2D eigenvalue weighted by molar-refractivity contribution is 7.18. The van der Waals surface area contributed by atoms with Crippen molar-refractivity contribution in [3.8, 4) is 0 Å². The molecule has 2 amide bonds. The van der Waals surface area contributed by atoms with E-state index in [9.17, 15) is 14.4 Å². The van der Waals surface area contributed by atoms with Crippen LogP contribution < -0.4 is 15.5 Å². The summed E-state index contributed by atoms with van der Waals surface area (Å²) < 4.78 is 10.8. The molecule has 1 aromatic heterocycles. The van der Waals surface area contributed by atoms with E-state index < -0.39 is 18.2 Å². The molecule has 11 heteroatoms. The molecule has 2 aromatic rings. The molecule has 3 N–H and O–H groups in total. The standard InChI is InChI=1S/C19H20ClN3O6S/c20-16-6-5-15(30-16)18(26)22-9-14-10-23(19(27)29-14)13-3-1-12(2-4-13)21-7-8-28-11-17(24)25/h1-6,14,21H,7-11H2,(H,22,26)(H,24,25). The lowest BCUT2D eigenvalue weighted by Crippen LogP contribution is -2.34. The van der Waals surface area contributed by atoms with Gasteiger partial charge in [0.1, 0.15) is 12.7 Å². The van der Waals surface area contributed by atoms with Gasteiger partial charge in [-0.05, 0) is 36.4 Å². The van der Waals surface area contributed by atoms with E-state index in [0.717, 1.165) is 5.69 Å². The third kappa shape index (κ3) is 6.09. The average molecular weight is 454 g/mol. The summed E-state index contributed by atoms with van der Waals surface area (Å²) in [6, 6.07) is 10.4. The van der Waals surface area contributed by atoms with E-state index >= 15 is 0 Å². The number of aliphatic carboxylic acids is 1. The predicted octanol–water partition coefficient (Wildman–Crippen LogP) is 2.67. The molecule has 160 valence electrons. The number of carbonyl (C=O) groups excluding carboxylic acids is 2. The number of thiophene rings is 1. The minimum Gasteiger partial charge on any atom is -0.480 e. The Labute approximate surface area is 181 Å². The molecule has 3 rings (SSSR count). The largest absolute Gasteiger partial charge is 0.480 e. The van der Waals surface area contributed by atoms with E-state index in [4.69, 9.17) is 26.2 Å². The fraction of sp³-hybridized carbons (Fsp3) is 0.316. The third-order valence-corrected chi connectivity index (χ3v) is 5.37. The first-order valence-corrected chi connectivity index (χ1v) is 10.3. The van der Waals surface area contributed by atoms with Crippen LogP contribution in [0.2, 0.25) is 4.34 Å². The van der Waals surface area contributed by atoms with Gasteiger partial charge in [-0.1, -0.05) is 11.6 Å². The summed E-state index contributed by atoms with van der Waals surface area (Å²) in [5, 5.41) is 14.3. The van der Waals surface area contributed by atoms with Crippen molar-refractivity contribution in [1.82, 2.24) is 5.32 Å². The first kappa shape index (κ1) is 21.9. The van der Waals surface area contributed by atoms with Crippen LogP contribution in [-0.2, 0) is 14.3 Å². The molecule has 1 aliphatic heterocycles. The second-order valence-corrected chi connectivity index (χ2v) is 8.07. The minimum atomic E-state index is -1.01. The van der Waals surface area contributed by atoms with Crippen molar-refractivity contribution in [2.45, 2.75) is 6.10 Å². The molecule has 1 saturated heterocycles. The van der Waals surface area contributed by atoms with Gasteiger partial charge in [0.25, 0.3) is 5.91 Å². The highest BCUT2D eigenvalue weighted by atomic mass is 35.5. The lowest BCUT2D eigenvalue weighted by molar-refractivity contribution is -0.142. The Kier molecular flexibility index (Phi) is 7.50. The monoisotopic (exact) mass is 453 g/mol. The number of cyclic esters (lactones) is 1. The SMILES string of the molecule is O=C(O)COCCNc1ccc(N2CC(CNC(=O)c3ccc(Cl)s3)OC2=O)cc1. The van der Waals surface area contributed by atoms with Crippen molar-refractivity contribution in [2.75, 3.05) is 43.1 Å². The molecule has 0 radical (unpaired) electrons. The molecule has 0 aliphatic carbocycles. The Balaban J connectivity index is 1.45. The molecular weight excluding hydrogens is 434 g/mol. The Morgan fingerprint density at radius 3 is 2.70 bits per heavy atom. The number of hydrogen-bond donors (Lipinski definition) is 3. The summed E-state index contributed by atoms with van der Waals surface area (Å²) >= 11 is 7.02. The highest BCUT2D eigenvalue weighted by Gasteiger charge is 2.32. The van der Waals surface area contributed by atoms with Crippen LogP contribution in [-0.4, -0.2) is 62.0 Å². The van der Waals surface area contributed by atoms with E-state index in [-0.39, 0.29) is 25.7 Å². The predicted molar refractivity (Wildman–Crippen MR) is 113 cm³/mol. The van der Waals surface area contributed by atoms with Crippen molar-refractivity contribution in [3.63, 3.8) is 0 Å². The van der Waals surface area contributed by atoms with E-state index in [2.05, 4.69) is 10.6 Å². The van der Waals surface area contributed by atoms with E-state index in [1.54, 1.807) is 36.4 Å². The number of anilines is 2. The van der Waals surface area contributed by atoms with Gasteiger partial charge in [0.2, 0.25) is 0 Å². The lowest BCUT2D eigenvalue weighted by atomic mass is 10.2. The Hall–Kier alpha value is -2.82. The second kappa shape index (κ2) is 10.3. The summed E-state index contributed by atoms with van der Waals surface area (Å²) in [5.74, 6) is -1.27. The molecule has 0 bridgehead atoms. The molecule has 1 atom stereocenters. The number of nitrogens with one attached hydrogen (secondary N) is 2. The van der Waals surface area contributed by atoms with Gasteiger partial charge in [-0.2, -0.15) is 0 Å². The van der Waals surface area contributed by atoms with Crippen LogP contribution in [0, 0.1) is 0 Å². The van der Waals surface area contributed by atoms with Crippen molar-refractivity contribution < 1.29 is 29.0 Å². The molecule has 1 aliphatic rings. The van der Waals surface area contributed by atoms with Gasteiger partial charge in [0.05, 0.1) is 28.9 Å². The summed E-state index contributed by atoms with van der Waals surface area (Å²) in [5.41, 5.74) is 1.48. The molecule has 0 saturated carbocycles. The number of carboxylic acids is 1. The molecular formula is C19H20ClN3O6S. The van der Waals surface area contributed by atoms with Crippen LogP contribution in [0.25, 0.3) is 0 Å². The van der Waals surface area contributed by atoms with Crippen LogP contribution in [0.15, 0.2) is 36.4 Å². The van der Waals surface area contributed by atoms with Gasteiger partial charge in [-0.25, -0.2) is 9.59 Å². The third-order valence-electron chi connectivity index (χ3n) is 4.14. The first-order valence-electron chi connectivity index (χ1n) is 9.07. The second-order valence-electron chi connectivity index (χ2n) is 6.35. The van der Waals surface area contributed by atoms with Crippen LogP contribution in [0.4, 0.5) is 16.2 Å². The summed E-state index contributed by atoms with van der Waals surface area (Å²) in [4.78, 5) is 36.6. The number of nitrogens with zero attached hydrogens (tertiary/aromatic N) is 1. The number of benzene rings is 1. The zero-order chi connectivity index (χ0) is 21.5. The number of carbonyl (C=O) groups is 3. The Morgan fingerprint density at radius 2 is 2.03 bits per heavy atom. The number of amides is 2. The molecule has 30 heavy (non-hydrogen) atoms. The molecule has 1 aromatic carbocycles. The summed E-state index contributed by atoms with van der Waals surface area (Å²) in [6.07, 6.45) is -0.933. The maximum absolute atomic E-state index is 12.2. The van der Waals surface area contributed by atoms with Crippen LogP contribution in [0.5, 0.6) is 0 Å². The molecule has 2 heterocycles. The maximum atomic E-state index is 12.2. The topological polar surface area (TPSA) is 117 Å². The van der Waals surface area contributed by atoms with Crippen LogP contribution in [0.3, 0.4) is 0 Å². The van der Waals surface area contributed by atoms with Crippen molar-refractivity contribution in [1.29, 1.82) is 0 Å². The number of halogens is 1. The summed E-state index contributed by atoms with van der Waals surface area (Å²) in [6.45, 7) is 0.903. The first-order chi connectivity index (χ1) is 14.4. The van der Waals surface area contributed by atoms with Crippen molar-refractivity contribution in [3.05, 3.63) is 45.6 Å². The number of hydrogen-bond acceptors (Lipinski definition) is 7. The fourth-order valence-corrected chi connectivity index (χ4v) is 3.71. The maximum Gasteiger partial charge on any atom is 0.414 e. The molecule has 1 fully saturated rings. The van der Waals surface area contributed by atoms with Gasteiger partial charge in [-0.3, -0.25) is 9.69 Å². The fourth-order valence-electron chi connectivity index (χ4n) is 2.75. The molecule has 1 unspecified atom stereocenters. The zero-order valence-corrected chi connectivity index (χ0v) is 17.4. The molecule has 9 nitrogen and oxygen atoms in total. The smallest absolute Gasteiger partial charge is 0.414 e. The molecule has 0 spiro atoms. The van der Waals surface area contributed by atoms with Crippen LogP contribution in [0.1, 0.15) is 9.67 Å². The van der Waals surface area contributed by atoms with Gasteiger partial charge in [0, 0.05) is 17.9 Å². The highest BCUT2D eigenvalue weighted by Crippen LogP contribution is 2.24. The Bertz CT molecular complexity index is 904. The van der Waals surface area contributed by atoms with Gasteiger partial charge < -0.3 is 25.2 Å². The van der Waals surface area contributed by atoms with Gasteiger partial charge in [0.15, 0.2) is 0 Å². The Morgan fingerprint density at radius 1 is 1.27 bits per heavy atom. The number of carboxylic acid groups (broad SMARTS) is 1.